The zero-order chi connectivity index (χ0) is 0. The van der Waals surface area contributed by atoms with Crippen LogP contribution in [-0.4, -0.2) is 44.7 Å². The standard InChI is InChI=1S/Ag.In.Li.Pd.Ta.Zn.4H. The molecule has 0 aromatic carbocycles. The third-order valence-electron chi connectivity index (χ3n) is 0. The summed E-state index contributed by atoms with van der Waals surface area (Å²) < 4.78 is 0. The van der Waals surface area contributed by atoms with Gasteiger partial charge in [0.25, 0.3) is 0 Å². The minimum atomic E-state index is 0. The van der Waals surface area contributed by atoms with Crippen molar-refractivity contribution in [3.05, 3.63) is 0 Å². The van der Waals surface area contributed by atoms with Crippen LogP contribution in [0.4, 0.5) is 0 Å². The van der Waals surface area contributed by atoms with Crippen molar-refractivity contribution in [1.82, 2.24) is 0 Å². The van der Waals surface area contributed by atoms with Crippen molar-refractivity contribution in [2.24, 2.45) is 0 Å². The Bertz CT molecular complexity index is 15.5. The van der Waals surface area contributed by atoms with Gasteiger partial charge >= 0.3 is 44.7 Å². The molecule has 0 aliphatic heterocycles. The molecule has 0 aliphatic rings. The van der Waals surface area contributed by atoms with E-state index in [4.69, 9.17) is 0 Å². The van der Waals surface area contributed by atoms with Crippen molar-refractivity contribution in [3.63, 3.8) is 0 Å². The van der Waals surface area contributed by atoms with E-state index in [1.807, 2.05) is 0 Å². The topological polar surface area (TPSA) is 0 Å². The smallest absolute Gasteiger partial charge is 0 e. The summed E-state index contributed by atoms with van der Waals surface area (Å²) in [6.07, 6.45) is 0. The Morgan fingerprint density at radius 2 is 1.00 bits per heavy atom. The first kappa shape index (κ1) is 48.7. The van der Waals surface area contributed by atoms with Gasteiger partial charge in [0.05, 0.1) is 0 Å². The van der Waals surface area contributed by atoms with E-state index in [-0.39, 0.29) is 129 Å². The molecule has 6 heteroatoms. The molecule has 36 valence electrons. The maximum absolute atomic E-state index is 0. The first-order chi connectivity index (χ1) is 0. The van der Waals surface area contributed by atoms with Gasteiger partial charge in [-0.15, -0.1) is 0 Å². The number of hydrogen-bond donors (Lipinski definition) is 0. The van der Waals surface area contributed by atoms with Crippen molar-refractivity contribution in [3.8, 4) is 0 Å². The van der Waals surface area contributed by atoms with Gasteiger partial charge in [0.2, 0.25) is 0 Å². The molecule has 0 heterocycles. The Balaban J connectivity index is 0. The zero-order valence-corrected chi connectivity index (χ0v) is 11.0. The molecule has 0 fully saturated rings. The van der Waals surface area contributed by atoms with Gasteiger partial charge in [-0.05, 0) is 0 Å². The fourth-order valence-corrected chi connectivity index (χ4v) is 0. The maximum atomic E-state index is 0. The van der Waals surface area contributed by atoms with Crippen LogP contribution in [0.5, 0.6) is 0 Å². The van der Waals surface area contributed by atoms with Gasteiger partial charge in [0.1, 0.15) is 0 Å². The molecule has 0 aromatic heterocycles. The molecule has 0 spiro atoms. The van der Waals surface area contributed by atoms with Gasteiger partial charge in [-0.2, -0.15) is 0 Å². The first-order valence-electron chi connectivity index (χ1n) is 0. The molecule has 0 bridgehead atoms. The van der Waals surface area contributed by atoms with Crippen LogP contribution in [-0.2, 0) is 84.7 Å². The third-order valence-corrected chi connectivity index (χ3v) is 0. The van der Waals surface area contributed by atoms with Gasteiger partial charge in [-0.3, -0.25) is 0 Å². The van der Waals surface area contributed by atoms with E-state index in [9.17, 15) is 0 Å². The Morgan fingerprint density at radius 1 is 1.00 bits per heavy atom. The van der Waals surface area contributed by atoms with E-state index >= 15 is 0 Å². The van der Waals surface area contributed by atoms with Crippen molar-refractivity contribution >= 4 is 44.7 Å². The van der Waals surface area contributed by atoms with Crippen molar-refractivity contribution < 1.29 is 84.7 Å². The molecule has 0 saturated heterocycles. The fourth-order valence-electron chi connectivity index (χ4n) is 0. The predicted octanol–water partition coefficient (Wildman–Crippen LogP) is -1.84. The summed E-state index contributed by atoms with van der Waals surface area (Å²) >= 11 is 0. The predicted molar refractivity (Wildman–Crippen MR) is 17.1 cm³/mol. The SMILES string of the molecule is [Ag].[InH3].[LiH].[Pd].[Ta].[Zn]. The molecule has 6 heavy (non-hydrogen) atoms. The van der Waals surface area contributed by atoms with Crippen LogP contribution in [0.3, 0.4) is 0 Å². The number of hydrogen-bond acceptors (Lipinski definition) is 0. The molecule has 0 amide bonds. The second-order valence-corrected chi connectivity index (χ2v) is 0. The summed E-state index contributed by atoms with van der Waals surface area (Å²) in [7, 11) is 0. The molecule has 0 unspecified atom stereocenters. The summed E-state index contributed by atoms with van der Waals surface area (Å²) in [6, 6.07) is 0. The van der Waals surface area contributed by atoms with Crippen molar-refractivity contribution in [2.45, 2.75) is 0 Å². The van der Waals surface area contributed by atoms with Crippen LogP contribution in [0.1, 0.15) is 0 Å². The minimum absolute atomic E-state index is 0. The van der Waals surface area contributed by atoms with Crippen molar-refractivity contribution in [1.29, 1.82) is 0 Å². The molecule has 0 aliphatic carbocycles. The second-order valence-electron chi connectivity index (χ2n) is 0. The van der Waals surface area contributed by atoms with Gasteiger partial charge in [-0.1, -0.05) is 0 Å². The minimum Gasteiger partial charge on any atom is 0 e. The van der Waals surface area contributed by atoms with Gasteiger partial charge in [0, 0.05) is 84.7 Å². The van der Waals surface area contributed by atoms with Gasteiger partial charge in [-0.25, -0.2) is 0 Å². The molecule has 0 aromatic rings. The molecular formula is H4AgInLiPdTaZn. The summed E-state index contributed by atoms with van der Waals surface area (Å²) in [5.74, 6) is 0. The van der Waals surface area contributed by atoms with Gasteiger partial charge < -0.3 is 0 Å². The largest absolute Gasteiger partial charge is 0 e. The molecule has 0 atom stereocenters. The normalized spacial score (nSPS) is 0. The Hall–Kier alpha value is 4.23. The quantitative estimate of drug-likeness (QED) is 0.293. The summed E-state index contributed by atoms with van der Waals surface area (Å²) in [5, 5.41) is 0. The molecule has 0 N–H and O–H groups in total. The van der Waals surface area contributed by atoms with Crippen LogP contribution >= 0.6 is 0 Å². The van der Waals surface area contributed by atoms with E-state index < -0.39 is 0 Å². The summed E-state index contributed by atoms with van der Waals surface area (Å²) in [6.45, 7) is 0. The third kappa shape index (κ3) is 24.0. The van der Waals surface area contributed by atoms with Crippen molar-refractivity contribution in [2.75, 3.05) is 0 Å². The van der Waals surface area contributed by atoms with Crippen LogP contribution in [0.25, 0.3) is 0 Å². The zero-order valence-electron chi connectivity index (χ0n) is 1.77. The molecule has 0 nitrogen and oxygen atoms in total. The maximum Gasteiger partial charge on any atom is 0 e. The Kier molecular flexibility index (Phi) is 283. The molecule has 2 radical (unpaired) electrons. The first-order valence-corrected chi connectivity index (χ1v) is 0. The Labute approximate surface area is 127 Å². The summed E-state index contributed by atoms with van der Waals surface area (Å²) in [4.78, 5) is 0. The average Bonchev–Trinajstić information content (AvgIpc) is 0. The van der Waals surface area contributed by atoms with E-state index in [0.717, 1.165) is 0 Å². The molecular weight excluding hydrogens is 582 g/mol. The van der Waals surface area contributed by atoms with E-state index in [1.54, 1.807) is 0 Å². The van der Waals surface area contributed by atoms with E-state index in [2.05, 4.69) is 0 Å². The van der Waals surface area contributed by atoms with E-state index in [0.29, 0.717) is 0 Å². The van der Waals surface area contributed by atoms with Crippen LogP contribution < -0.4 is 0 Å². The molecule has 0 rings (SSSR count). The van der Waals surface area contributed by atoms with Crippen LogP contribution in [0.15, 0.2) is 0 Å². The molecule has 0 saturated carbocycles. The monoisotopic (exact) mass is 584 g/mol. The average molecular weight is 586 g/mol. The number of rotatable bonds is 0. The van der Waals surface area contributed by atoms with Gasteiger partial charge in [0.15, 0.2) is 0 Å². The summed E-state index contributed by atoms with van der Waals surface area (Å²) in [5.41, 5.74) is 0. The van der Waals surface area contributed by atoms with Crippen LogP contribution in [0.2, 0.25) is 0 Å². The second kappa shape index (κ2) is 34.9. The van der Waals surface area contributed by atoms with E-state index in [1.165, 1.54) is 0 Å². The fraction of sp³-hybridized carbons (Fsp3) is 0. The van der Waals surface area contributed by atoms with Crippen LogP contribution in [0, 0.1) is 0 Å². The Morgan fingerprint density at radius 3 is 1.00 bits per heavy atom.